The summed E-state index contributed by atoms with van der Waals surface area (Å²) in [6.07, 6.45) is 0.473. The third kappa shape index (κ3) is 5.58. The predicted octanol–water partition coefficient (Wildman–Crippen LogP) is 3.74. The van der Waals surface area contributed by atoms with Crippen LogP contribution in [0.4, 0.5) is 4.79 Å². The largest absolute Gasteiger partial charge is 0.426 e. The van der Waals surface area contributed by atoms with Gasteiger partial charge in [0, 0.05) is 6.54 Å². The summed E-state index contributed by atoms with van der Waals surface area (Å²) < 4.78 is 0. The van der Waals surface area contributed by atoms with Gasteiger partial charge in [-0.2, -0.15) is 0 Å². The highest BCUT2D eigenvalue weighted by Crippen LogP contribution is 2.10. The van der Waals surface area contributed by atoms with E-state index < -0.39 is 6.09 Å². The van der Waals surface area contributed by atoms with E-state index in [9.17, 15) is 4.79 Å². The molecule has 0 fully saturated rings. The highest BCUT2D eigenvalue weighted by Gasteiger charge is 2.12. The van der Waals surface area contributed by atoms with Crippen LogP contribution in [-0.4, -0.2) is 17.7 Å². The molecule has 22 heavy (non-hydrogen) atoms. The Bertz CT molecular complexity index is 516. The monoisotopic (exact) mass is 298 g/mol. The van der Waals surface area contributed by atoms with E-state index in [0.717, 1.165) is 17.5 Å². The summed E-state index contributed by atoms with van der Waals surface area (Å²) >= 11 is 0. The van der Waals surface area contributed by atoms with E-state index in [0.29, 0.717) is 19.6 Å². The van der Waals surface area contributed by atoms with Crippen molar-refractivity contribution in [3.05, 3.63) is 71.8 Å². The molecule has 0 aliphatic carbocycles. The van der Waals surface area contributed by atoms with E-state index in [1.54, 1.807) is 5.06 Å². The second-order valence-corrected chi connectivity index (χ2v) is 5.07. The molecule has 0 aliphatic rings. The summed E-state index contributed by atoms with van der Waals surface area (Å²) in [5.41, 5.74) is 2.20. The third-order valence-corrected chi connectivity index (χ3v) is 3.13. The number of nitrogens with one attached hydrogen (secondary N) is 1. The van der Waals surface area contributed by atoms with Gasteiger partial charge in [-0.1, -0.05) is 67.6 Å². The van der Waals surface area contributed by atoms with E-state index >= 15 is 0 Å². The minimum absolute atomic E-state index is 0.409. The standard InChI is InChI=1S/C18H22N2O2/c1-2-13-19-18(21)22-20(14-16-9-5-3-6-10-16)15-17-11-7-4-8-12-17/h3-12H,2,13-15H2,1H3,(H,19,21). The summed E-state index contributed by atoms with van der Waals surface area (Å²) in [6, 6.07) is 19.9. The minimum atomic E-state index is -0.409. The van der Waals surface area contributed by atoms with E-state index in [1.165, 1.54) is 0 Å². The van der Waals surface area contributed by atoms with Crippen LogP contribution in [0.1, 0.15) is 24.5 Å². The molecule has 0 bridgehead atoms. The lowest BCUT2D eigenvalue weighted by Crippen LogP contribution is -2.33. The molecule has 0 heterocycles. The van der Waals surface area contributed by atoms with Crippen LogP contribution in [0.2, 0.25) is 0 Å². The fourth-order valence-corrected chi connectivity index (χ4v) is 2.07. The van der Waals surface area contributed by atoms with Gasteiger partial charge in [0.05, 0.1) is 13.1 Å². The first-order valence-corrected chi connectivity index (χ1v) is 7.56. The SMILES string of the molecule is CCCNC(=O)ON(Cc1ccccc1)Cc1ccccc1. The van der Waals surface area contributed by atoms with Gasteiger partial charge < -0.3 is 10.2 Å². The summed E-state index contributed by atoms with van der Waals surface area (Å²) in [6.45, 7) is 3.72. The van der Waals surface area contributed by atoms with Crippen molar-refractivity contribution in [3.63, 3.8) is 0 Å². The van der Waals surface area contributed by atoms with Crippen LogP contribution in [0.5, 0.6) is 0 Å². The molecule has 1 amide bonds. The topological polar surface area (TPSA) is 41.6 Å². The van der Waals surface area contributed by atoms with E-state index in [2.05, 4.69) is 5.32 Å². The van der Waals surface area contributed by atoms with Gasteiger partial charge in [0.15, 0.2) is 0 Å². The smallest absolute Gasteiger partial charge is 0.350 e. The molecule has 2 rings (SSSR count). The van der Waals surface area contributed by atoms with Gasteiger partial charge in [0.1, 0.15) is 0 Å². The maximum atomic E-state index is 11.8. The summed E-state index contributed by atoms with van der Waals surface area (Å²) in [7, 11) is 0. The van der Waals surface area contributed by atoms with Gasteiger partial charge in [-0.3, -0.25) is 0 Å². The number of rotatable bonds is 7. The average Bonchev–Trinajstić information content (AvgIpc) is 2.55. The van der Waals surface area contributed by atoms with E-state index in [-0.39, 0.29) is 0 Å². The molecule has 1 N–H and O–H groups in total. The van der Waals surface area contributed by atoms with Crippen molar-refractivity contribution in [2.45, 2.75) is 26.4 Å². The fourth-order valence-electron chi connectivity index (χ4n) is 2.07. The van der Waals surface area contributed by atoms with Gasteiger partial charge in [-0.05, 0) is 17.5 Å². The molecule has 0 saturated carbocycles. The lowest BCUT2D eigenvalue weighted by molar-refractivity contribution is -0.115. The summed E-state index contributed by atoms with van der Waals surface area (Å²) in [5, 5.41) is 4.41. The molecule has 2 aromatic rings. The third-order valence-electron chi connectivity index (χ3n) is 3.13. The summed E-state index contributed by atoms with van der Waals surface area (Å²) in [5.74, 6) is 0. The molecular formula is C18H22N2O2. The second-order valence-electron chi connectivity index (χ2n) is 5.07. The van der Waals surface area contributed by atoms with Crippen molar-refractivity contribution in [2.24, 2.45) is 0 Å². The van der Waals surface area contributed by atoms with Crippen molar-refractivity contribution >= 4 is 6.09 Å². The van der Waals surface area contributed by atoms with Crippen LogP contribution in [0.25, 0.3) is 0 Å². The summed E-state index contributed by atoms with van der Waals surface area (Å²) in [4.78, 5) is 17.3. The van der Waals surface area contributed by atoms with Crippen molar-refractivity contribution in [1.82, 2.24) is 10.4 Å². The number of amides is 1. The second kappa shape index (κ2) is 8.85. The normalized spacial score (nSPS) is 10.5. The average molecular weight is 298 g/mol. The van der Waals surface area contributed by atoms with Gasteiger partial charge in [0.2, 0.25) is 0 Å². The van der Waals surface area contributed by atoms with Crippen LogP contribution < -0.4 is 5.32 Å². The molecule has 0 aromatic heterocycles. The van der Waals surface area contributed by atoms with Crippen LogP contribution in [0.3, 0.4) is 0 Å². The first kappa shape index (κ1) is 16.0. The molecule has 0 atom stereocenters. The lowest BCUT2D eigenvalue weighted by atomic mass is 10.2. The Kier molecular flexibility index (Phi) is 6.45. The molecule has 4 nitrogen and oxygen atoms in total. The molecular weight excluding hydrogens is 276 g/mol. The first-order valence-electron chi connectivity index (χ1n) is 7.56. The molecule has 0 saturated heterocycles. The van der Waals surface area contributed by atoms with Crippen LogP contribution in [0, 0.1) is 0 Å². The zero-order valence-corrected chi connectivity index (χ0v) is 12.9. The minimum Gasteiger partial charge on any atom is -0.350 e. The van der Waals surface area contributed by atoms with Gasteiger partial charge in [-0.15, -0.1) is 5.06 Å². The Balaban J connectivity index is 2.01. The highest BCUT2D eigenvalue weighted by atomic mass is 16.7. The number of hydrogen-bond acceptors (Lipinski definition) is 3. The van der Waals surface area contributed by atoms with Crippen LogP contribution >= 0.6 is 0 Å². The molecule has 116 valence electrons. The van der Waals surface area contributed by atoms with Gasteiger partial charge in [-0.25, -0.2) is 4.79 Å². The quantitative estimate of drug-likeness (QED) is 0.792. The van der Waals surface area contributed by atoms with Crippen molar-refractivity contribution < 1.29 is 9.63 Å². The fraction of sp³-hybridized carbons (Fsp3) is 0.278. The van der Waals surface area contributed by atoms with E-state index in [1.807, 2.05) is 67.6 Å². The first-order chi connectivity index (χ1) is 10.8. The lowest BCUT2D eigenvalue weighted by Gasteiger charge is -2.21. The Hall–Kier alpha value is -2.33. The zero-order valence-electron chi connectivity index (χ0n) is 12.9. The number of hydrogen-bond donors (Lipinski definition) is 1. The Morgan fingerprint density at radius 3 is 1.91 bits per heavy atom. The number of carbonyl (C=O) groups is 1. The number of hydroxylamine groups is 2. The Morgan fingerprint density at radius 1 is 0.955 bits per heavy atom. The molecule has 0 radical (unpaired) electrons. The van der Waals surface area contributed by atoms with Gasteiger partial charge >= 0.3 is 6.09 Å². The molecule has 0 unspecified atom stereocenters. The molecule has 4 heteroatoms. The van der Waals surface area contributed by atoms with E-state index in [4.69, 9.17) is 4.84 Å². The Labute approximate surface area is 131 Å². The number of benzene rings is 2. The number of nitrogens with zero attached hydrogens (tertiary/aromatic N) is 1. The number of carbonyl (C=O) groups excluding carboxylic acids is 1. The zero-order chi connectivity index (χ0) is 15.6. The highest BCUT2D eigenvalue weighted by molar-refractivity contribution is 5.66. The van der Waals surface area contributed by atoms with Crippen LogP contribution in [-0.2, 0) is 17.9 Å². The molecule has 2 aromatic carbocycles. The van der Waals surface area contributed by atoms with Crippen LogP contribution in [0.15, 0.2) is 60.7 Å². The van der Waals surface area contributed by atoms with Crippen molar-refractivity contribution in [2.75, 3.05) is 6.54 Å². The Morgan fingerprint density at radius 2 is 1.45 bits per heavy atom. The maximum Gasteiger partial charge on any atom is 0.426 e. The molecule has 0 spiro atoms. The van der Waals surface area contributed by atoms with Crippen molar-refractivity contribution in [1.29, 1.82) is 0 Å². The van der Waals surface area contributed by atoms with Crippen molar-refractivity contribution in [3.8, 4) is 0 Å². The predicted molar refractivity (Wildman–Crippen MR) is 86.9 cm³/mol. The van der Waals surface area contributed by atoms with Gasteiger partial charge in [0.25, 0.3) is 0 Å². The molecule has 0 aliphatic heterocycles. The maximum absolute atomic E-state index is 11.8.